The molecule has 0 bridgehead atoms. The van der Waals surface area contributed by atoms with Crippen molar-refractivity contribution in [2.45, 2.75) is 18.5 Å². The first-order valence-electron chi connectivity index (χ1n) is 7.64. The Bertz CT molecular complexity index is 602. The van der Waals surface area contributed by atoms with E-state index >= 15 is 0 Å². The molecule has 5 nitrogen and oxygen atoms in total. The molecule has 2 atom stereocenters. The van der Waals surface area contributed by atoms with Crippen LogP contribution in [0.1, 0.15) is 17.0 Å². The molecule has 124 valence electrons. The molecule has 1 saturated heterocycles. The zero-order valence-electron chi connectivity index (χ0n) is 13.6. The molecular formula is C17H24ClN5. The molecule has 6 heteroatoms. The Morgan fingerprint density at radius 1 is 1.13 bits per heavy atom. The van der Waals surface area contributed by atoms with Gasteiger partial charge in [0, 0.05) is 63.6 Å². The number of halogens is 1. The highest BCUT2D eigenvalue weighted by Gasteiger charge is 2.31. The fourth-order valence-electron chi connectivity index (χ4n) is 3.01. The van der Waals surface area contributed by atoms with Gasteiger partial charge in [-0.3, -0.25) is 4.90 Å². The van der Waals surface area contributed by atoms with Crippen molar-refractivity contribution in [2.24, 2.45) is 5.73 Å². The van der Waals surface area contributed by atoms with Crippen molar-refractivity contribution in [1.82, 2.24) is 14.9 Å². The summed E-state index contributed by atoms with van der Waals surface area (Å²) in [6.07, 6.45) is 3.81. The van der Waals surface area contributed by atoms with Crippen molar-refractivity contribution >= 4 is 18.4 Å². The summed E-state index contributed by atoms with van der Waals surface area (Å²) in [5, 5.41) is 0. The normalized spacial score (nSPS) is 21.0. The lowest BCUT2D eigenvalue weighted by atomic mass is 9.95. The number of nitrogens with two attached hydrogens (primary N) is 1. The summed E-state index contributed by atoms with van der Waals surface area (Å²) in [5.74, 6) is 1.15. The molecule has 1 fully saturated rings. The molecule has 2 heterocycles. The third-order valence-electron chi connectivity index (χ3n) is 4.17. The van der Waals surface area contributed by atoms with Gasteiger partial charge in [-0.2, -0.15) is 0 Å². The summed E-state index contributed by atoms with van der Waals surface area (Å²) >= 11 is 0. The van der Waals surface area contributed by atoms with Crippen LogP contribution in [0, 0.1) is 0 Å². The van der Waals surface area contributed by atoms with Crippen LogP contribution in [0.3, 0.4) is 0 Å². The molecule has 2 N–H and O–H groups in total. The molecule has 23 heavy (non-hydrogen) atoms. The van der Waals surface area contributed by atoms with Crippen LogP contribution in [-0.2, 0) is 6.54 Å². The summed E-state index contributed by atoms with van der Waals surface area (Å²) < 4.78 is 0. The van der Waals surface area contributed by atoms with E-state index in [4.69, 9.17) is 5.73 Å². The molecule has 0 spiro atoms. The summed E-state index contributed by atoms with van der Waals surface area (Å²) in [6, 6.07) is 10.7. The Labute approximate surface area is 143 Å². The zero-order valence-corrected chi connectivity index (χ0v) is 14.4. The first-order valence-corrected chi connectivity index (χ1v) is 7.64. The van der Waals surface area contributed by atoms with Crippen molar-refractivity contribution < 1.29 is 0 Å². The average Bonchev–Trinajstić information content (AvgIpc) is 2.89. The van der Waals surface area contributed by atoms with Crippen LogP contribution in [-0.4, -0.2) is 48.1 Å². The Kier molecular flexibility index (Phi) is 5.93. The predicted molar refractivity (Wildman–Crippen MR) is 96.0 cm³/mol. The van der Waals surface area contributed by atoms with Crippen LogP contribution in [0.4, 0.5) is 5.95 Å². The molecular weight excluding hydrogens is 310 g/mol. The zero-order chi connectivity index (χ0) is 15.5. The highest BCUT2D eigenvalue weighted by Crippen LogP contribution is 2.27. The number of benzene rings is 1. The Balaban J connectivity index is 0.00000192. The molecule has 2 aromatic rings. The molecule has 1 aromatic carbocycles. The van der Waals surface area contributed by atoms with Gasteiger partial charge >= 0.3 is 0 Å². The van der Waals surface area contributed by atoms with E-state index in [2.05, 4.69) is 39.1 Å². The molecule has 0 radical (unpaired) electrons. The van der Waals surface area contributed by atoms with Crippen LogP contribution in [0.5, 0.6) is 0 Å². The molecule has 1 aliphatic rings. The maximum absolute atomic E-state index is 6.34. The molecule has 0 saturated carbocycles. The van der Waals surface area contributed by atoms with E-state index in [0.29, 0.717) is 5.92 Å². The van der Waals surface area contributed by atoms with Gasteiger partial charge in [-0.25, -0.2) is 9.97 Å². The number of hydrogen-bond acceptors (Lipinski definition) is 5. The summed E-state index contributed by atoms with van der Waals surface area (Å²) in [5.41, 5.74) is 8.80. The minimum absolute atomic E-state index is 0. The third kappa shape index (κ3) is 4.19. The quantitative estimate of drug-likeness (QED) is 0.926. The van der Waals surface area contributed by atoms with E-state index in [1.165, 1.54) is 5.56 Å². The molecule has 0 aliphatic carbocycles. The van der Waals surface area contributed by atoms with E-state index in [0.717, 1.165) is 31.1 Å². The standard InChI is InChI=1S/C17H23N5.ClH/c1-21(2)17-19-8-13(9-20-17)10-22-11-15(16(18)12-22)14-6-4-3-5-7-14;/h3-9,15-16H,10-12,18H2,1-2H3;1H/t15-,16+;/m0./s1. The number of hydrogen-bond donors (Lipinski definition) is 1. The number of anilines is 1. The molecule has 3 rings (SSSR count). The van der Waals surface area contributed by atoms with E-state index in [1.807, 2.05) is 37.5 Å². The van der Waals surface area contributed by atoms with Gasteiger partial charge in [0.05, 0.1) is 0 Å². The van der Waals surface area contributed by atoms with Gasteiger partial charge in [0.1, 0.15) is 0 Å². The second kappa shape index (κ2) is 7.73. The van der Waals surface area contributed by atoms with Crippen molar-refractivity contribution in [1.29, 1.82) is 0 Å². The smallest absolute Gasteiger partial charge is 0.224 e. The van der Waals surface area contributed by atoms with Gasteiger partial charge in [0.2, 0.25) is 5.95 Å². The van der Waals surface area contributed by atoms with Crippen molar-refractivity contribution in [2.75, 3.05) is 32.1 Å². The first-order chi connectivity index (χ1) is 10.6. The van der Waals surface area contributed by atoms with Crippen LogP contribution < -0.4 is 10.6 Å². The lowest BCUT2D eigenvalue weighted by molar-refractivity contribution is 0.323. The van der Waals surface area contributed by atoms with Gasteiger partial charge in [0.15, 0.2) is 0 Å². The maximum atomic E-state index is 6.34. The van der Waals surface area contributed by atoms with E-state index in [1.54, 1.807) is 0 Å². The average molecular weight is 334 g/mol. The Morgan fingerprint density at radius 2 is 1.78 bits per heavy atom. The predicted octanol–water partition coefficient (Wildman–Crippen LogP) is 1.89. The monoisotopic (exact) mass is 333 g/mol. The minimum Gasteiger partial charge on any atom is -0.347 e. The second-order valence-corrected chi connectivity index (χ2v) is 6.16. The SMILES string of the molecule is CN(C)c1ncc(CN2C[C@@H](N)[C@H](c3ccccc3)C2)cn1.Cl. The van der Waals surface area contributed by atoms with Crippen molar-refractivity contribution in [3.05, 3.63) is 53.9 Å². The highest BCUT2D eigenvalue weighted by atomic mass is 35.5. The second-order valence-electron chi connectivity index (χ2n) is 6.16. The third-order valence-corrected chi connectivity index (χ3v) is 4.17. The van der Waals surface area contributed by atoms with Gasteiger partial charge in [-0.1, -0.05) is 30.3 Å². The van der Waals surface area contributed by atoms with Gasteiger partial charge in [0.25, 0.3) is 0 Å². The fraction of sp³-hybridized carbons (Fsp3) is 0.412. The van der Waals surface area contributed by atoms with Gasteiger partial charge in [-0.15, -0.1) is 12.4 Å². The molecule has 0 amide bonds. The number of nitrogens with zero attached hydrogens (tertiary/aromatic N) is 4. The van der Waals surface area contributed by atoms with Gasteiger partial charge < -0.3 is 10.6 Å². The number of rotatable bonds is 4. The lowest BCUT2D eigenvalue weighted by Gasteiger charge is -2.16. The Hall–Kier alpha value is -1.69. The topological polar surface area (TPSA) is 58.3 Å². The first kappa shape index (κ1) is 17.7. The van der Waals surface area contributed by atoms with Crippen LogP contribution >= 0.6 is 12.4 Å². The van der Waals surface area contributed by atoms with Crippen molar-refractivity contribution in [3.63, 3.8) is 0 Å². The molecule has 1 aliphatic heterocycles. The summed E-state index contributed by atoms with van der Waals surface area (Å²) in [7, 11) is 3.89. The minimum atomic E-state index is 0. The summed E-state index contributed by atoms with van der Waals surface area (Å²) in [6.45, 7) is 2.75. The van der Waals surface area contributed by atoms with Crippen LogP contribution in [0.15, 0.2) is 42.7 Å². The Morgan fingerprint density at radius 3 is 2.39 bits per heavy atom. The van der Waals surface area contributed by atoms with E-state index < -0.39 is 0 Å². The fourth-order valence-corrected chi connectivity index (χ4v) is 3.01. The summed E-state index contributed by atoms with van der Waals surface area (Å²) in [4.78, 5) is 13.0. The van der Waals surface area contributed by atoms with E-state index in [-0.39, 0.29) is 18.4 Å². The van der Waals surface area contributed by atoms with Crippen LogP contribution in [0.25, 0.3) is 0 Å². The molecule has 0 unspecified atom stereocenters. The largest absolute Gasteiger partial charge is 0.347 e. The van der Waals surface area contributed by atoms with Crippen molar-refractivity contribution in [3.8, 4) is 0 Å². The lowest BCUT2D eigenvalue weighted by Crippen LogP contribution is -2.28. The number of likely N-dealkylation sites (tertiary alicyclic amines) is 1. The highest BCUT2D eigenvalue weighted by molar-refractivity contribution is 5.85. The maximum Gasteiger partial charge on any atom is 0.224 e. The van der Waals surface area contributed by atoms with E-state index in [9.17, 15) is 0 Å². The molecule has 1 aromatic heterocycles. The van der Waals surface area contributed by atoms with Gasteiger partial charge in [-0.05, 0) is 5.56 Å². The van der Waals surface area contributed by atoms with Crippen LogP contribution in [0.2, 0.25) is 0 Å². The number of aromatic nitrogens is 2.